The molecule has 2 rings (SSSR count). The summed E-state index contributed by atoms with van der Waals surface area (Å²) in [7, 11) is 0. The van der Waals surface area contributed by atoms with Crippen molar-refractivity contribution in [3.05, 3.63) is 28.8 Å². The number of primary amides is 1. The fourth-order valence-electron chi connectivity index (χ4n) is 2.70. The van der Waals surface area contributed by atoms with Crippen LogP contribution in [0.3, 0.4) is 0 Å². The maximum Gasteiger partial charge on any atom is 0.220 e. The third-order valence-electron chi connectivity index (χ3n) is 3.85. The zero-order chi connectivity index (χ0) is 14.5. The van der Waals surface area contributed by atoms with Gasteiger partial charge in [0, 0.05) is 25.6 Å². The highest BCUT2D eigenvalue weighted by Gasteiger charge is 2.25. The first-order chi connectivity index (χ1) is 9.63. The Hall–Kier alpha value is -1.26. The van der Waals surface area contributed by atoms with Gasteiger partial charge in [-0.05, 0) is 31.0 Å². The lowest BCUT2D eigenvalue weighted by Crippen LogP contribution is -2.39. The van der Waals surface area contributed by atoms with Crippen LogP contribution in [0.5, 0.6) is 0 Å². The van der Waals surface area contributed by atoms with Crippen molar-refractivity contribution in [1.29, 1.82) is 0 Å². The van der Waals surface area contributed by atoms with Gasteiger partial charge in [-0.3, -0.25) is 4.79 Å². The van der Waals surface area contributed by atoms with Crippen LogP contribution in [0.15, 0.2) is 18.2 Å². The molecule has 0 bridgehead atoms. The van der Waals surface area contributed by atoms with Gasteiger partial charge in [0.05, 0.1) is 10.7 Å². The summed E-state index contributed by atoms with van der Waals surface area (Å²) in [5.74, 6) is -0.178. The number of carbonyl (C=O) groups excluding carboxylic acids is 1. The van der Waals surface area contributed by atoms with Crippen LogP contribution < -0.4 is 16.0 Å². The highest BCUT2D eigenvalue weighted by molar-refractivity contribution is 6.33. The number of nitrogens with two attached hydrogens (primary N) is 1. The standard InChI is InChI=1S/C15H22ClN3O/c1-2-18-10-12-4-3-5-13(16)14(12)19-8-6-11(7-9-19)15(17)20/h3-5,11,18H,2,6-10H2,1H3,(H2,17,20). The summed E-state index contributed by atoms with van der Waals surface area (Å²) in [6.45, 7) is 5.48. The van der Waals surface area contributed by atoms with Crippen LogP contribution in [0.1, 0.15) is 25.3 Å². The number of carbonyl (C=O) groups is 1. The molecule has 110 valence electrons. The minimum absolute atomic E-state index is 0.00551. The molecule has 1 aliphatic heterocycles. The van der Waals surface area contributed by atoms with Crippen LogP contribution in [-0.4, -0.2) is 25.5 Å². The molecule has 1 fully saturated rings. The van der Waals surface area contributed by atoms with Crippen LogP contribution in [0, 0.1) is 5.92 Å². The predicted molar refractivity (Wildman–Crippen MR) is 83.0 cm³/mol. The van der Waals surface area contributed by atoms with E-state index in [9.17, 15) is 4.79 Å². The molecule has 0 radical (unpaired) electrons. The van der Waals surface area contributed by atoms with Crippen molar-refractivity contribution >= 4 is 23.2 Å². The van der Waals surface area contributed by atoms with Crippen LogP contribution in [0.25, 0.3) is 0 Å². The van der Waals surface area contributed by atoms with E-state index in [1.165, 1.54) is 5.56 Å². The number of nitrogens with one attached hydrogen (secondary N) is 1. The van der Waals surface area contributed by atoms with Gasteiger partial charge >= 0.3 is 0 Å². The normalized spacial score (nSPS) is 16.4. The van der Waals surface area contributed by atoms with Gasteiger partial charge in [-0.15, -0.1) is 0 Å². The number of anilines is 1. The van der Waals surface area contributed by atoms with Gasteiger partial charge in [-0.25, -0.2) is 0 Å². The lowest BCUT2D eigenvalue weighted by molar-refractivity contribution is -0.122. The second-order valence-corrected chi connectivity index (χ2v) is 5.60. The Morgan fingerprint density at radius 1 is 1.45 bits per heavy atom. The molecule has 0 saturated carbocycles. The first-order valence-corrected chi connectivity index (χ1v) is 7.53. The molecule has 1 aromatic rings. The summed E-state index contributed by atoms with van der Waals surface area (Å²) < 4.78 is 0. The number of halogens is 1. The molecular weight excluding hydrogens is 274 g/mol. The molecular formula is C15H22ClN3O. The molecule has 0 aromatic heterocycles. The molecule has 20 heavy (non-hydrogen) atoms. The summed E-state index contributed by atoms with van der Waals surface area (Å²) in [6, 6.07) is 6.01. The van der Waals surface area contributed by atoms with Gasteiger partial charge < -0.3 is 16.0 Å². The fraction of sp³-hybridized carbons (Fsp3) is 0.533. The summed E-state index contributed by atoms with van der Waals surface area (Å²) in [5.41, 5.74) is 7.68. The summed E-state index contributed by atoms with van der Waals surface area (Å²) in [5, 5.41) is 4.11. The van der Waals surface area contributed by atoms with E-state index in [1.807, 2.05) is 12.1 Å². The number of piperidine rings is 1. The Balaban J connectivity index is 2.14. The van der Waals surface area contributed by atoms with E-state index in [2.05, 4.69) is 23.2 Å². The quantitative estimate of drug-likeness (QED) is 0.875. The van der Waals surface area contributed by atoms with Gasteiger partial charge in [-0.2, -0.15) is 0 Å². The van der Waals surface area contributed by atoms with Crippen LogP contribution in [0.4, 0.5) is 5.69 Å². The van der Waals surface area contributed by atoms with E-state index in [1.54, 1.807) is 0 Å². The Bertz CT molecular complexity index is 470. The maximum atomic E-state index is 11.2. The Morgan fingerprint density at radius 3 is 2.75 bits per heavy atom. The van der Waals surface area contributed by atoms with Crippen molar-refractivity contribution < 1.29 is 4.79 Å². The minimum Gasteiger partial charge on any atom is -0.370 e. The molecule has 0 spiro atoms. The summed E-state index contributed by atoms with van der Waals surface area (Å²) >= 11 is 6.38. The lowest BCUT2D eigenvalue weighted by Gasteiger charge is -2.34. The van der Waals surface area contributed by atoms with Crippen molar-refractivity contribution in [2.45, 2.75) is 26.3 Å². The number of benzene rings is 1. The highest BCUT2D eigenvalue weighted by atomic mass is 35.5. The Labute approximate surface area is 125 Å². The number of hydrogen-bond donors (Lipinski definition) is 2. The molecule has 0 atom stereocenters. The number of amides is 1. The van der Waals surface area contributed by atoms with E-state index < -0.39 is 0 Å². The molecule has 0 aliphatic carbocycles. The highest BCUT2D eigenvalue weighted by Crippen LogP contribution is 2.33. The van der Waals surface area contributed by atoms with Crippen LogP contribution in [-0.2, 0) is 11.3 Å². The smallest absolute Gasteiger partial charge is 0.220 e. The first kappa shape index (κ1) is 15.1. The predicted octanol–water partition coefficient (Wildman–Crippen LogP) is 2.15. The van der Waals surface area contributed by atoms with Crippen molar-refractivity contribution in [3.8, 4) is 0 Å². The molecule has 3 N–H and O–H groups in total. The Kier molecular flexibility index (Phi) is 5.26. The van der Waals surface area contributed by atoms with E-state index in [0.29, 0.717) is 0 Å². The molecule has 1 aromatic carbocycles. The topological polar surface area (TPSA) is 58.4 Å². The Morgan fingerprint density at radius 2 is 2.15 bits per heavy atom. The van der Waals surface area contributed by atoms with E-state index in [-0.39, 0.29) is 11.8 Å². The monoisotopic (exact) mass is 295 g/mol. The number of para-hydroxylation sites is 1. The number of hydrogen-bond acceptors (Lipinski definition) is 3. The van der Waals surface area contributed by atoms with Crippen molar-refractivity contribution in [1.82, 2.24) is 5.32 Å². The fourth-order valence-corrected chi connectivity index (χ4v) is 3.02. The van der Waals surface area contributed by atoms with Crippen molar-refractivity contribution in [2.75, 3.05) is 24.5 Å². The van der Waals surface area contributed by atoms with Gasteiger partial charge in [0.1, 0.15) is 0 Å². The molecule has 1 heterocycles. The summed E-state index contributed by atoms with van der Waals surface area (Å²) in [6.07, 6.45) is 1.61. The molecule has 1 saturated heterocycles. The van der Waals surface area contributed by atoms with Crippen LogP contribution in [0.2, 0.25) is 5.02 Å². The molecule has 0 unspecified atom stereocenters. The average Bonchev–Trinajstić information content (AvgIpc) is 2.45. The molecule has 5 heteroatoms. The lowest BCUT2D eigenvalue weighted by atomic mass is 9.95. The van der Waals surface area contributed by atoms with E-state index in [4.69, 9.17) is 17.3 Å². The van der Waals surface area contributed by atoms with Gasteiger partial charge in [0.15, 0.2) is 0 Å². The van der Waals surface area contributed by atoms with Crippen molar-refractivity contribution in [3.63, 3.8) is 0 Å². The second kappa shape index (κ2) is 6.95. The SMILES string of the molecule is CCNCc1cccc(Cl)c1N1CCC(C(N)=O)CC1. The third-order valence-corrected chi connectivity index (χ3v) is 4.15. The number of nitrogens with zero attached hydrogens (tertiary/aromatic N) is 1. The van der Waals surface area contributed by atoms with Crippen molar-refractivity contribution in [2.24, 2.45) is 11.7 Å². The molecule has 1 aliphatic rings. The minimum atomic E-state index is -0.184. The molecule has 1 amide bonds. The third kappa shape index (κ3) is 3.44. The van der Waals surface area contributed by atoms with Crippen LogP contribution >= 0.6 is 11.6 Å². The number of rotatable bonds is 5. The summed E-state index contributed by atoms with van der Waals surface area (Å²) in [4.78, 5) is 13.5. The average molecular weight is 296 g/mol. The largest absolute Gasteiger partial charge is 0.370 e. The van der Waals surface area contributed by atoms with E-state index >= 15 is 0 Å². The second-order valence-electron chi connectivity index (χ2n) is 5.19. The van der Waals surface area contributed by atoms with Gasteiger partial charge in [-0.1, -0.05) is 30.7 Å². The first-order valence-electron chi connectivity index (χ1n) is 7.15. The zero-order valence-electron chi connectivity index (χ0n) is 11.9. The maximum absolute atomic E-state index is 11.2. The van der Waals surface area contributed by atoms with Gasteiger partial charge in [0.25, 0.3) is 0 Å². The van der Waals surface area contributed by atoms with Gasteiger partial charge in [0.2, 0.25) is 5.91 Å². The van der Waals surface area contributed by atoms with E-state index in [0.717, 1.165) is 49.7 Å². The molecule has 4 nitrogen and oxygen atoms in total. The zero-order valence-corrected chi connectivity index (χ0v) is 12.6.